The van der Waals surface area contributed by atoms with Gasteiger partial charge in [0.1, 0.15) is 19.3 Å². The van der Waals surface area contributed by atoms with E-state index in [9.17, 15) is 43.2 Å². The molecule has 3 N–H and O–H groups in total. The number of hydrogen-bond donors (Lipinski definition) is 3. The zero-order valence-electron chi connectivity index (χ0n) is 63.5. The third-order valence-electron chi connectivity index (χ3n) is 18.5. The van der Waals surface area contributed by atoms with Crippen LogP contribution in [-0.4, -0.2) is 96.7 Å². The molecule has 6 atom stereocenters. The number of carbonyl (C=O) groups is 4. The first-order valence-corrected chi connectivity index (χ1v) is 43.4. The molecule has 19 heteroatoms. The molecule has 17 nitrogen and oxygen atoms in total. The summed E-state index contributed by atoms with van der Waals surface area (Å²) >= 11 is 0. The lowest BCUT2D eigenvalue weighted by Gasteiger charge is -2.21. The molecule has 0 saturated carbocycles. The minimum atomic E-state index is -4.96. The molecule has 0 aromatic rings. The van der Waals surface area contributed by atoms with E-state index >= 15 is 0 Å². The van der Waals surface area contributed by atoms with Crippen LogP contribution in [0.25, 0.3) is 0 Å². The van der Waals surface area contributed by atoms with Gasteiger partial charge < -0.3 is 33.8 Å². The van der Waals surface area contributed by atoms with Gasteiger partial charge >= 0.3 is 39.5 Å². The molecule has 3 unspecified atom stereocenters. The van der Waals surface area contributed by atoms with Crippen molar-refractivity contribution in [2.45, 2.75) is 420 Å². The number of aliphatic hydroxyl groups excluding tert-OH is 1. The van der Waals surface area contributed by atoms with Crippen molar-refractivity contribution in [3.05, 3.63) is 0 Å². The molecule has 0 radical (unpaired) electrons. The average molecular weight is 1420 g/mol. The topological polar surface area (TPSA) is 237 Å². The first kappa shape index (κ1) is 95.1. The molecule has 0 aliphatic carbocycles. The highest BCUT2D eigenvalue weighted by Crippen LogP contribution is 2.45. The molecule has 0 fully saturated rings. The third-order valence-corrected chi connectivity index (χ3v) is 20.4. The summed E-state index contributed by atoms with van der Waals surface area (Å²) in [6.45, 7) is 11.9. The van der Waals surface area contributed by atoms with Crippen molar-refractivity contribution >= 4 is 39.5 Å². The second kappa shape index (κ2) is 68.5. The van der Waals surface area contributed by atoms with Crippen LogP contribution in [-0.2, 0) is 65.4 Å². The summed E-state index contributed by atoms with van der Waals surface area (Å²) < 4.78 is 68.6. The molecule has 0 aromatic heterocycles. The minimum absolute atomic E-state index is 0.105. The fourth-order valence-electron chi connectivity index (χ4n) is 11.9. The Balaban J connectivity index is 5.26. The van der Waals surface area contributed by atoms with Crippen LogP contribution in [0.4, 0.5) is 0 Å². The molecular weight excluding hydrogens is 1270 g/mol. The molecule has 0 bridgehead atoms. The van der Waals surface area contributed by atoms with E-state index in [2.05, 4.69) is 48.5 Å². The van der Waals surface area contributed by atoms with E-state index in [-0.39, 0.29) is 25.7 Å². The number of aliphatic hydroxyl groups is 1. The van der Waals surface area contributed by atoms with Crippen LogP contribution >= 0.6 is 15.6 Å². The zero-order chi connectivity index (χ0) is 71.6. The van der Waals surface area contributed by atoms with Gasteiger partial charge in [0.05, 0.1) is 26.4 Å². The molecule has 0 aliphatic rings. The van der Waals surface area contributed by atoms with E-state index in [0.29, 0.717) is 31.6 Å². The molecule has 0 aliphatic heterocycles. The standard InChI is InChI=1S/C78H152O17P2/c1-8-10-11-12-13-14-15-16-17-18-22-25-31-38-45-52-59-75(80)88-65-73(94-77(82)61-54-47-39-32-26-23-20-19-21-24-29-35-42-49-56-69(3)4)67-92-96(84,85)90-63-72(79)64-91-97(86,87)93-68-74(66-89-76(81)60-53-46-41-34-36-43-50-57-70(5)6)95-78(83)62-55-48-40-33-28-27-30-37-44-51-58-71(7)9-2/h69-74,79H,8-68H2,1-7H3,(H,84,85)(H,86,87)/t71?,72-,73-,74-/m1/s1. The molecule has 0 aromatic carbocycles. The molecule has 97 heavy (non-hydrogen) atoms. The van der Waals surface area contributed by atoms with E-state index < -0.39 is 97.5 Å². The van der Waals surface area contributed by atoms with Crippen molar-refractivity contribution in [2.75, 3.05) is 39.6 Å². The van der Waals surface area contributed by atoms with E-state index in [1.54, 1.807) is 0 Å². The van der Waals surface area contributed by atoms with Gasteiger partial charge in [-0.1, -0.05) is 350 Å². The molecule has 0 spiro atoms. The predicted molar refractivity (Wildman–Crippen MR) is 395 cm³/mol. The Labute approximate surface area is 594 Å². The van der Waals surface area contributed by atoms with Crippen LogP contribution in [0.15, 0.2) is 0 Å². The fraction of sp³-hybridized carbons (Fsp3) is 0.949. The van der Waals surface area contributed by atoms with Crippen molar-refractivity contribution in [2.24, 2.45) is 17.8 Å². The van der Waals surface area contributed by atoms with E-state index in [0.717, 1.165) is 108 Å². The van der Waals surface area contributed by atoms with E-state index in [1.165, 1.54) is 205 Å². The molecule has 0 saturated heterocycles. The van der Waals surface area contributed by atoms with Gasteiger partial charge in [-0.2, -0.15) is 0 Å². The second-order valence-corrected chi connectivity index (χ2v) is 32.2. The lowest BCUT2D eigenvalue weighted by Crippen LogP contribution is -2.30. The van der Waals surface area contributed by atoms with Gasteiger partial charge in [-0.3, -0.25) is 37.3 Å². The monoisotopic (exact) mass is 1420 g/mol. The van der Waals surface area contributed by atoms with Crippen molar-refractivity contribution in [1.29, 1.82) is 0 Å². The van der Waals surface area contributed by atoms with Gasteiger partial charge in [-0.25, -0.2) is 9.13 Å². The summed E-state index contributed by atoms with van der Waals surface area (Å²) in [7, 11) is -9.92. The molecule has 0 amide bonds. The highest BCUT2D eigenvalue weighted by molar-refractivity contribution is 7.47. The maximum Gasteiger partial charge on any atom is 0.472 e. The van der Waals surface area contributed by atoms with Crippen LogP contribution in [0.5, 0.6) is 0 Å². The minimum Gasteiger partial charge on any atom is -0.462 e. The molecule has 0 heterocycles. The first-order valence-electron chi connectivity index (χ1n) is 40.4. The van der Waals surface area contributed by atoms with E-state index in [4.69, 9.17) is 37.0 Å². The fourth-order valence-corrected chi connectivity index (χ4v) is 13.5. The number of phosphoric ester groups is 2. The highest BCUT2D eigenvalue weighted by atomic mass is 31.2. The van der Waals surface area contributed by atoms with E-state index in [1.807, 2.05) is 0 Å². The number of ether oxygens (including phenoxy) is 4. The maximum absolute atomic E-state index is 13.1. The van der Waals surface area contributed by atoms with Gasteiger partial charge in [0, 0.05) is 25.7 Å². The van der Waals surface area contributed by atoms with Gasteiger partial charge in [-0.05, 0) is 43.4 Å². The number of unbranched alkanes of at least 4 members (excludes halogenated alkanes) is 43. The largest absolute Gasteiger partial charge is 0.472 e. The zero-order valence-corrected chi connectivity index (χ0v) is 65.3. The molecule has 0 rings (SSSR count). The maximum atomic E-state index is 13.1. The average Bonchev–Trinajstić information content (AvgIpc) is 1.71. The van der Waals surface area contributed by atoms with Crippen LogP contribution in [0.3, 0.4) is 0 Å². The summed E-state index contributed by atoms with van der Waals surface area (Å²) in [6.07, 6.45) is 55.4. The number of hydrogen-bond acceptors (Lipinski definition) is 15. The number of carbonyl (C=O) groups excluding carboxylic acids is 4. The summed E-state index contributed by atoms with van der Waals surface area (Å²) in [5.41, 5.74) is 0. The Bertz CT molecular complexity index is 1890. The van der Waals surface area contributed by atoms with Crippen molar-refractivity contribution in [3.8, 4) is 0 Å². The number of phosphoric acid groups is 2. The van der Waals surface area contributed by atoms with Gasteiger partial charge in [0.15, 0.2) is 12.2 Å². The summed E-state index contributed by atoms with van der Waals surface area (Å²) in [5, 5.41) is 10.6. The smallest absolute Gasteiger partial charge is 0.462 e. The Hall–Kier alpha value is -1.94. The lowest BCUT2D eigenvalue weighted by molar-refractivity contribution is -0.161. The second-order valence-electron chi connectivity index (χ2n) is 29.3. The quantitative estimate of drug-likeness (QED) is 0.0222. The molecular formula is C78H152O17P2. The van der Waals surface area contributed by atoms with Crippen molar-refractivity contribution < 1.29 is 80.2 Å². The highest BCUT2D eigenvalue weighted by Gasteiger charge is 2.30. The van der Waals surface area contributed by atoms with Gasteiger partial charge in [0.25, 0.3) is 0 Å². The van der Waals surface area contributed by atoms with Gasteiger partial charge in [-0.15, -0.1) is 0 Å². The van der Waals surface area contributed by atoms with Gasteiger partial charge in [0.2, 0.25) is 0 Å². The Morgan fingerprint density at radius 1 is 0.299 bits per heavy atom. The Morgan fingerprint density at radius 3 is 0.784 bits per heavy atom. The Morgan fingerprint density at radius 2 is 0.526 bits per heavy atom. The van der Waals surface area contributed by atoms with Crippen LogP contribution in [0.2, 0.25) is 0 Å². The summed E-state index contributed by atoms with van der Waals surface area (Å²) in [6, 6.07) is 0. The lowest BCUT2D eigenvalue weighted by atomic mass is 9.99. The van der Waals surface area contributed by atoms with Crippen molar-refractivity contribution in [3.63, 3.8) is 0 Å². The SMILES string of the molecule is CCCCCCCCCCCCCCCCCCC(=O)OC[C@H](COP(=O)(O)OC[C@@H](O)COP(=O)(O)OC[C@@H](COC(=O)CCCCCCCCCC(C)C)OC(=O)CCCCCCCCCCCCC(C)CC)OC(=O)CCCCCCCCCCCCCCCCC(C)C. The number of esters is 4. The van der Waals surface area contributed by atoms with Crippen LogP contribution in [0.1, 0.15) is 402 Å². The summed E-state index contributed by atoms with van der Waals surface area (Å²) in [4.78, 5) is 72.9. The third kappa shape index (κ3) is 70.9. The summed E-state index contributed by atoms with van der Waals surface area (Å²) in [5.74, 6) is 0.188. The number of rotatable bonds is 76. The normalized spacial score (nSPS) is 14.3. The van der Waals surface area contributed by atoms with Crippen LogP contribution in [0, 0.1) is 17.8 Å². The van der Waals surface area contributed by atoms with Crippen LogP contribution < -0.4 is 0 Å². The first-order chi connectivity index (χ1) is 46.8. The predicted octanol–water partition coefficient (Wildman–Crippen LogP) is 23.0. The van der Waals surface area contributed by atoms with Crippen molar-refractivity contribution in [1.82, 2.24) is 0 Å². The Kier molecular flexibility index (Phi) is 67.1. The molecule has 576 valence electrons.